The Morgan fingerprint density at radius 3 is 2.65 bits per heavy atom. The maximum atomic E-state index is 12.2. The van der Waals surface area contributed by atoms with Gasteiger partial charge in [0.2, 0.25) is 0 Å². The van der Waals surface area contributed by atoms with E-state index < -0.39 is 10.0 Å². The third-order valence-corrected chi connectivity index (χ3v) is 6.43. The van der Waals surface area contributed by atoms with Crippen LogP contribution in [0.15, 0.2) is 64.3 Å². The molecular weight excluding hydrogens is 370 g/mol. The van der Waals surface area contributed by atoms with Crippen LogP contribution in [0.2, 0.25) is 0 Å². The molecule has 3 aromatic rings. The normalized spacial score (nSPS) is 11.1. The molecule has 2 N–H and O–H groups in total. The summed E-state index contributed by atoms with van der Waals surface area (Å²) in [6, 6.07) is 14.6. The van der Waals surface area contributed by atoms with Crippen LogP contribution in [0.1, 0.15) is 5.56 Å². The minimum atomic E-state index is -3.57. The highest BCUT2D eigenvalue weighted by Gasteiger charge is 2.15. The van der Waals surface area contributed by atoms with Crippen molar-refractivity contribution in [3.05, 3.63) is 65.7 Å². The first kappa shape index (κ1) is 18.2. The number of sulfonamides is 1. The Bertz CT molecular complexity index is 940. The SMILES string of the molecule is COc1ccccc1CCNc1ccc(NS(=O)(=O)c2cccs2)nc1. The van der Waals surface area contributed by atoms with Crippen molar-refractivity contribution in [2.24, 2.45) is 0 Å². The van der Waals surface area contributed by atoms with E-state index in [1.807, 2.05) is 24.3 Å². The maximum absolute atomic E-state index is 12.2. The van der Waals surface area contributed by atoms with Crippen molar-refractivity contribution in [2.45, 2.75) is 10.6 Å². The van der Waals surface area contributed by atoms with Gasteiger partial charge in [-0.1, -0.05) is 24.3 Å². The first-order valence-electron chi connectivity index (χ1n) is 7.96. The molecule has 0 spiro atoms. The fourth-order valence-corrected chi connectivity index (χ4v) is 4.42. The van der Waals surface area contributed by atoms with Gasteiger partial charge in [-0.3, -0.25) is 4.72 Å². The molecule has 0 amide bonds. The monoisotopic (exact) mass is 389 g/mol. The third-order valence-electron chi connectivity index (χ3n) is 3.68. The number of methoxy groups -OCH3 is 1. The summed E-state index contributed by atoms with van der Waals surface area (Å²) in [7, 11) is -1.91. The molecule has 8 heteroatoms. The number of hydrogen-bond donors (Lipinski definition) is 2. The molecule has 0 fully saturated rings. The van der Waals surface area contributed by atoms with Gasteiger partial charge >= 0.3 is 0 Å². The molecule has 0 atom stereocenters. The van der Waals surface area contributed by atoms with Gasteiger partial charge < -0.3 is 10.1 Å². The van der Waals surface area contributed by atoms with Crippen molar-refractivity contribution in [3.8, 4) is 5.75 Å². The second-order valence-electron chi connectivity index (χ2n) is 5.46. The minimum Gasteiger partial charge on any atom is -0.496 e. The summed E-state index contributed by atoms with van der Waals surface area (Å²) in [4.78, 5) is 4.16. The summed E-state index contributed by atoms with van der Waals surface area (Å²) in [5, 5.41) is 4.99. The van der Waals surface area contributed by atoms with Crippen molar-refractivity contribution < 1.29 is 13.2 Å². The number of aromatic nitrogens is 1. The fourth-order valence-electron chi connectivity index (χ4n) is 2.41. The predicted molar refractivity (Wildman–Crippen MR) is 105 cm³/mol. The van der Waals surface area contributed by atoms with Crippen LogP contribution in [0.3, 0.4) is 0 Å². The number of nitrogens with one attached hydrogen (secondary N) is 2. The van der Waals surface area contributed by atoms with E-state index in [2.05, 4.69) is 15.0 Å². The molecule has 0 bridgehead atoms. The molecular formula is C18H19N3O3S2. The first-order chi connectivity index (χ1) is 12.6. The van der Waals surface area contributed by atoms with E-state index in [0.29, 0.717) is 6.54 Å². The Morgan fingerprint density at radius 1 is 1.12 bits per heavy atom. The molecule has 0 saturated heterocycles. The average molecular weight is 390 g/mol. The van der Waals surface area contributed by atoms with Crippen LogP contribution >= 0.6 is 11.3 Å². The molecule has 2 heterocycles. The zero-order valence-electron chi connectivity index (χ0n) is 14.2. The number of ether oxygens (including phenoxy) is 1. The molecule has 1 aromatic carbocycles. The van der Waals surface area contributed by atoms with Gasteiger partial charge in [0.05, 0.1) is 19.0 Å². The highest BCUT2D eigenvalue weighted by Crippen LogP contribution is 2.20. The highest BCUT2D eigenvalue weighted by atomic mass is 32.2. The third kappa shape index (κ3) is 4.53. The van der Waals surface area contributed by atoms with Gasteiger partial charge in [-0.2, -0.15) is 0 Å². The lowest BCUT2D eigenvalue weighted by atomic mass is 10.1. The van der Waals surface area contributed by atoms with E-state index in [4.69, 9.17) is 4.74 Å². The smallest absolute Gasteiger partial charge is 0.272 e. The molecule has 2 aromatic heterocycles. The Balaban J connectivity index is 1.56. The zero-order chi connectivity index (χ0) is 18.4. The van der Waals surface area contributed by atoms with E-state index in [9.17, 15) is 8.42 Å². The number of para-hydroxylation sites is 1. The fraction of sp³-hybridized carbons (Fsp3) is 0.167. The molecule has 26 heavy (non-hydrogen) atoms. The van der Waals surface area contributed by atoms with Crippen molar-refractivity contribution >= 4 is 32.9 Å². The van der Waals surface area contributed by atoms with Crippen LogP contribution in [0.25, 0.3) is 0 Å². The number of pyridine rings is 1. The molecule has 6 nitrogen and oxygen atoms in total. The molecule has 0 radical (unpaired) electrons. The number of thiophene rings is 1. The summed E-state index contributed by atoms with van der Waals surface area (Å²) in [6.07, 6.45) is 2.41. The largest absolute Gasteiger partial charge is 0.496 e. The predicted octanol–water partition coefficient (Wildman–Crippen LogP) is 3.61. The Hall–Kier alpha value is -2.58. The lowest BCUT2D eigenvalue weighted by molar-refractivity contribution is 0.410. The van der Waals surface area contributed by atoms with E-state index in [-0.39, 0.29) is 10.0 Å². The lowest BCUT2D eigenvalue weighted by Crippen LogP contribution is -2.12. The molecule has 0 saturated carbocycles. The second kappa shape index (κ2) is 8.20. The molecule has 3 rings (SSSR count). The van der Waals surface area contributed by atoms with Crippen LogP contribution < -0.4 is 14.8 Å². The van der Waals surface area contributed by atoms with Crippen LogP contribution in [-0.4, -0.2) is 27.1 Å². The number of nitrogens with zero attached hydrogens (tertiary/aromatic N) is 1. The number of benzene rings is 1. The van der Waals surface area contributed by atoms with Gasteiger partial charge in [0.25, 0.3) is 10.0 Å². The quantitative estimate of drug-likeness (QED) is 0.615. The first-order valence-corrected chi connectivity index (χ1v) is 10.3. The summed E-state index contributed by atoms with van der Waals surface area (Å²) in [6.45, 7) is 0.711. The van der Waals surface area contributed by atoms with Crippen molar-refractivity contribution in [1.29, 1.82) is 0 Å². The Morgan fingerprint density at radius 2 is 1.96 bits per heavy atom. The summed E-state index contributed by atoms with van der Waals surface area (Å²) in [5.41, 5.74) is 1.94. The standard InChI is InChI=1S/C18H19N3O3S2/c1-24-16-6-3-2-5-14(16)10-11-19-15-8-9-17(20-13-15)21-26(22,23)18-7-4-12-25-18/h2-9,12-13,19H,10-11H2,1H3,(H,20,21). The minimum absolute atomic E-state index is 0.262. The molecule has 0 unspecified atom stereocenters. The molecule has 136 valence electrons. The van der Waals surface area contributed by atoms with Crippen molar-refractivity contribution in [3.63, 3.8) is 0 Å². The van der Waals surface area contributed by atoms with Gasteiger partial charge in [0.1, 0.15) is 15.8 Å². The topological polar surface area (TPSA) is 80.3 Å². The molecule has 0 aliphatic rings. The van der Waals surface area contributed by atoms with Crippen LogP contribution in [0.4, 0.5) is 11.5 Å². The van der Waals surface area contributed by atoms with Crippen LogP contribution in [0.5, 0.6) is 5.75 Å². The van der Waals surface area contributed by atoms with E-state index in [1.54, 1.807) is 43.0 Å². The average Bonchev–Trinajstić information content (AvgIpc) is 3.19. The second-order valence-corrected chi connectivity index (χ2v) is 8.32. The van der Waals surface area contributed by atoms with E-state index in [0.717, 1.165) is 34.8 Å². The van der Waals surface area contributed by atoms with Crippen LogP contribution in [0, 0.1) is 0 Å². The molecule has 0 aliphatic carbocycles. The van der Waals surface area contributed by atoms with Crippen LogP contribution in [-0.2, 0) is 16.4 Å². The van der Waals surface area contributed by atoms with Gasteiger partial charge in [0.15, 0.2) is 0 Å². The number of rotatable bonds is 8. The highest BCUT2D eigenvalue weighted by molar-refractivity contribution is 7.94. The van der Waals surface area contributed by atoms with Crippen molar-refractivity contribution in [1.82, 2.24) is 4.98 Å². The lowest BCUT2D eigenvalue weighted by Gasteiger charge is -2.10. The van der Waals surface area contributed by atoms with Gasteiger partial charge in [0, 0.05) is 6.54 Å². The summed E-state index contributed by atoms with van der Waals surface area (Å²) >= 11 is 1.16. The molecule has 0 aliphatic heterocycles. The van der Waals surface area contributed by atoms with E-state index >= 15 is 0 Å². The summed E-state index contributed by atoms with van der Waals surface area (Å²) in [5.74, 6) is 1.15. The Kier molecular flexibility index (Phi) is 5.75. The number of hydrogen-bond acceptors (Lipinski definition) is 6. The Labute approximate surface area is 156 Å². The zero-order valence-corrected chi connectivity index (χ0v) is 15.8. The van der Waals surface area contributed by atoms with Gasteiger partial charge in [-0.25, -0.2) is 13.4 Å². The van der Waals surface area contributed by atoms with Gasteiger partial charge in [-0.05, 0) is 41.6 Å². The maximum Gasteiger partial charge on any atom is 0.272 e. The van der Waals surface area contributed by atoms with Gasteiger partial charge in [-0.15, -0.1) is 11.3 Å². The summed E-state index contributed by atoms with van der Waals surface area (Å²) < 4.78 is 32.4. The van der Waals surface area contributed by atoms with Crippen molar-refractivity contribution in [2.75, 3.05) is 23.7 Å². The van der Waals surface area contributed by atoms with E-state index in [1.165, 1.54) is 0 Å². The number of anilines is 2.